The minimum atomic E-state index is -4.97. The van der Waals surface area contributed by atoms with Crippen LogP contribution in [0.5, 0.6) is 0 Å². The number of phosphoric ester groups is 2. The highest BCUT2D eigenvalue weighted by Crippen LogP contribution is 2.45. The van der Waals surface area contributed by atoms with Gasteiger partial charge in [-0.3, -0.25) is 37.3 Å². The van der Waals surface area contributed by atoms with Crippen LogP contribution < -0.4 is 0 Å². The summed E-state index contributed by atoms with van der Waals surface area (Å²) in [6, 6.07) is 0. The summed E-state index contributed by atoms with van der Waals surface area (Å²) in [4.78, 5) is 73.3. The zero-order chi connectivity index (χ0) is 78.6. The van der Waals surface area contributed by atoms with Gasteiger partial charge in [0.05, 0.1) is 26.4 Å². The number of ether oxygens (including phenoxy) is 4. The van der Waals surface area contributed by atoms with E-state index in [2.05, 4.69) is 48.5 Å². The number of phosphoric acid groups is 2. The van der Waals surface area contributed by atoms with Crippen LogP contribution in [0.15, 0.2) is 0 Å². The van der Waals surface area contributed by atoms with Crippen molar-refractivity contribution < 1.29 is 80.2 Å². The molecule has 107 heavy (non-hydrogen) atoms. The molecule has 0 aromatic heterocycles. The maximum atomic E-state index is 13.2. The molecule has 19 heteroatoms. The summed E-state index contributed by atoms with van der Waals surface area (Å²) in [6.07, 6.45) is 69.4. The van der Waals surface area contributed by atoms with Gasteiger partial charge in [-0.05, 0) is 43.4 Å². The lowest BCUT2D eigenvalue weighted by Gasteiger charge is -2.21. The lowest BCUT2D eigenvalue weighted by molar-refractivity contribution is -0.161. The first-order valence-corrected chi connectivity index (χ1v) is 48.3. The molecule has 0 aliphatic heterocycles. The first-order chi connectivity index (χ1) is 51.7. The molecular weight excluding hydrogens is 1390 g/mol. The SMILES string of the molecule is CCCCCCCCCCCCCCC(=O)OC[C@H](COP(=O)(O)OC[C@H](O)COP(=O)(O)OC[C@@H](COC(=O)CCCCCCCCCCCCCCCCCCC(C)C)OC(=O)CCCCCCCCCCCCCCCCCCCCC(C)C)OC(=O)CCCCCCCCCCCCCCC(C)C. The van der Waals surface area contributed by atoms with Crippen molar-refractivity contribution in [2.75, 3.05) is 39.6 Å². The number of rotatable bonds is 86. The molecule has 0 heterocycles. The van der Waals surface area contributed by atoms with Gasteiger partial charge in [0.25, 0.3) is 0 Å². The molecular formula is C88H172O17P2. The van der Waals surface area contributed by atoms with Crippen molar-refractivity contribution in [3.63, 3.8) is 0 Å². The fourth-order valence-electron chi connectivity index (χ4n) is 13.7. The van der Waals surface area contributed by atoms with Crippen LogP contribution >= 0.6 is 15.6 Å². The average molecular weight is 1560 g/mol. The fourth-order valence-corrected chi connectivity index (χ4v) is 15.3. The van der Waals surface area contributed by atoms with Gasteiger partial charge in [-0.15, -0.1) is 0 Å². The normalized spacial score (nSPS) is 13.8. The predicted molar refractivity (Wildman–Crippen MR) is 441 cm³/mol. The van der Waals surface area contributed by atoms with E-state index in [1.165, 1.54) is 276 Å². The number of hydrogen-bond donors (Lipinski definition) is 3. The lowest BCUT2D eigenvalue weighted by atomic mass is 10.0. The Morgan fingerprint density at radius 2 is 0.430 bits per heavy atom. The van der Waals surface area contributed by atoms with Crippen molar-refractivity contribution in [2.45, 2.75) is 484 Å². The summed E-state index contributed by atoms with van der Waals surface area (Å²) in [7, 11) is -9.93. The second kappa shape index (κ2) is 78.0. The van der Waals surface area contributed by atoms with E-state index in [1.54, 1.807) is 0 Å². The van der Waals surface area contributed by atoms with Gasteiger partial charge in [0.15, 0.2) is 12.2 Å². The maximum Gasteiger partial charge on any atom is 0.472 e. The molecule has 0 aliphatic rings. The van der Waals surface area contributed by atoms with Crippen molar-refractivity contribution in [3.8, 4) is 0 Å². The molecule has 0 saturated carbocycles. The number of hydrogen-bond acceptors (Lipinski definition) is 15. The standard InChI is InChI=1S/C88H172O17P2/c1-8-9-10-11-12-13-14-34-41-48-55-62-69-85(90)98-75-83(105-88(93)72-65-58-51-44-37-30-29-33-40-47-54-61-68-81(6)7)77-102-106(94,95)100-73-82(89)74-101-107(96,97)103-78-84(76-99-86(91)70-63-56-49-42-35-27-23-20-19-22-26-32-39-46-53-60-67-80(4)5)104-87(92)71-64-57-50-43-36-28-24-18-16-15-17-21-25-31-38-45-52-59-66-79(2)3/h79-84,89H,8-78H2,1-7H3,(H,94,95)(H,96,97)/t82-,83+,84+/m0/s1. The molecule has 17 nitrogen and oxygen atoms in total. The van der Waals surface area contributed by atoms with Gasteiger partial charge < -0.3 is 33.8 Å². The van der Waals surface area contributed by atoms with E-state index in [0.29, 0.717) is 25.7 Å². The largest absolute Gasteiger partial charge is 0.472 e. The van der Waals surface area contributed by atoms with Crippen LogP contribution in [0.4, 0.5) is 0 Å². The topological polar surface area (TPSA) is 237 Å². The molecule has 0 spiro atoms. The van der Waals surface area contributed by atoms with Gasteiger partial charge in [-0.1, -0.05) is 414 Å². The molecule has 0 amide bonds. The van der Waals surface area contributed by atoms with Crippen LogP contribution in [0, 0.1) is 17.8 Å². The zero-order valence-electron chi connectivity index (χ0n) is 70.6. The summed E-state index contributed by atoms with van der Waals surface area (Å²) in [5.74, 6) is 0.309. The van der Waals surface area contributed by atoms with E-state index >= 15 is 0 Å². The molecule has 0 radical (unpaired) electrons. The predicted octanol–water partition coefficient (Wildman–Crippen LogP) is 26.9. The number of aliphatic hydroxyl groups excluding tert-OH is 1. The Bertz CT molecular complexity index is 2060. The smallest absolute Gasteiger partial charge is 0.462 e. The lowest BCUT2D eigenvalue weighted by Crippen LogP contribution is -2.30. The number of unbranched alkanes of at least 4 members (excludes halogenated alkanes) is 54. The number of esters is 4. The highest BCUT2D eigenvalue weighted by Gasteiger charge is 2.31. The number of carbonyl (C=O) groups excluding carboxylic acids is 4. The van der Waals surface area contributed by atoms with Gasteiger partial charge >= 0.3 is 39.5 Å². The van der Waals surface area contributed by atoms with Gasteiger partial charge in [0.2, 0.25) is 0 Å². The molecule has 2 unspecified atom stereocenters. The van der Waals surface area contributed by atoms with Crippen LogP contribution in [-0.4, -0.2) is 96.7 Å². The van der Waals surface area contributed by atoms with E-state index < -0.39 is 97.5 Å². The molecule has 0 fully saturated rings. The Kier molecular flexibility index (Phi) is 76.6. The third-order valence-electron chi connectivity index (χ3n) is 20.6. The van der Waals surface area contributed by atoms with Crippen molar-refractivity contribution in [1.29, 1.82) is 0 Å². The average Bonchev–Trinajstić information content (AvgIpc) is 0.916. The molecule has 636 valence electrons. The molecule has 0 aliphatic carbocycles. The van der Waals surface area contributed by atoms with E-state index in [0.717, 1.165) is 108 Å². The second-order valence-electron chi connectivity index (χ2n) is 33.1. The maximum absolute atomic E-state index is 13.2. The molecule has 0 saturated heterocycles. The summed E-state index contributed by atoms with van der Waals surface area (Å²) in [5.41, 5.74) is 0. The number of aliphatic hydroxyl groups is 1. The monoisotopic (exact) mass is 1560 g/mol. The van der Waals surface area contributed by atoms with Crippen molar-refractivity contribution in [3.05, 3.63) is 0 Å². The molecule has 5 atom stereocenters. The molecule has 0 aromatic rings. The van der Waals surface area contributed by atoms with Crippen LogP contribution in [0.2, 0.25) is 0 Å². The second-order valence-corrected chi connectivity index (χ2v) is 36.0. The summed E-state index contributed by atoms with van der Waals surface area (Å²) in [6.45, 7) is 12.1. The Labute approximate surface area is 658 Å². The quantitative estimate of drug-likeness (QED) is 0.0222. The van der Waals surface area contributed by atoms with E-state index in [1.807, 2.05) is 0 Å². The summed E-state index contributed by atoms with van der Waals surface area (Å²) >= 11 is 0. The van der Waals surface area contributed by atoms with Crippen molar-refractivity contribution in [1.82, 2.24) is 0 Å². The fraction of sp³-hybridized carbons (Fsp3) is 0.955. The van der Waals surface area contributed by atoms with Crippen LogP contribution in [-0.2, 0) is 65.4 Å². The molecule has 3 N–H and O–H groups in total. The molecule has 0 rings (SSSR count). The van der Waals surface area contributed by atoms with E-state index in [9.17, 15) is 43.2 Å². The summed E-state index contributed by atoms with van der Waals surface area (Å²) in [5, 5.41) is 10.7. The minimum Gasteiger partial charge on any atom is -0.462 e. The number of carbonyl (C=O) groups is 4. The third kappa shape index (κ3) is 81.9. The van der Waals surface area contributed by atoms with Crippen molar-refractivity contribution >= 4 is 39.5 Å². The molecule has 0 bridgehead atoms. The first-order valence-electron chi connectivity index (χ1n) is 45.3. The Hall–Kier alpha value is -1.94. The molecule has 0 aromatic carbocycles. The third-order valence-corrected chi connectivity index (χ3v) is 22.5. The van der Waals surface area contributed by atoms with Crippen LogP contribution in [0.1, 0.15) is 466 Å². The Morgan fingerprint density at radius 3 is 0.636 bits per heavy atom. The zero-order valence-corrected chi connectivity index (χ0v) is 72.4. The van der Waals surface area contributed by atoms with E-state index in [4.69, 9.17) is 37.0 Å². The first kappa shape index (κ1) is 105. The highest BCUT2D eigenvalue weighted by molar-refractivity contribution is 7.47. The van der Waals surface area contributed by atoms with Gasteiger partial charge in [-0.2, -0.15) is 0 Å². The van der Waals surface area contributed by atoms with Gasteiger partial charge in [0, 0.05) is 25.7 Å². The Morgan fingerprint density at radius 1 is 0.252 bits per heavy atom. The highest BCUT2D eigenvalue weighted by atomic mass is 31.2. The minimum absolute atomic E-state index is 0.107. The van der Waals surface area contributed by atoms with Gasteiger partial charge in [0.1, 0.15) is 19.3 Å². The van der Waals surface area contributed by atoms with Gasteiger partial charge in [-0.25, -0.2) is 9.13 Å². The van der Waals surface area contributed by atoms with Crippen molar-refractivity contribution in [2.24, 2.45) is 17.8 Å². The van der Waals surface area contributed by atoms with E-state index in [-0.39, 0.29) is 25.7 Å². The summed E-state index contributed by atoms with van der Waals surface area (Å²) < 4.78 is 69.0. The van der Waals surface area contributed by atoms with Crippen LogP contribution in [0.25, 0.3) is 0 Å². The van der Waals surface area contributed by atoms with Crippen LogP contribution in [0.3, 0.4) is 0 Å². The Balaban J connectivity index is 5.25.